The van der Waals surface area contributed by atoms with Gasteiger partial charge in [0.25, 0.3) is 0 Å². The zero-order chi connectivity index (χ0) is 12.1. The lowest BCUT2D eigenvalue weighted by atomic mass is 10.2. The SMILES string of the molecule is Clc1ccccc1COCc1cccnc1Cl. The molecule has 4 heteroatoms. The molecule has 0 aliphatic rings. The Bertz CT molecular complexity index is 457. The average molecular weight is 268 g/mol. The van der Waals surface area contributed by atoms with Crippen LogP contribution in [0.15, 0.2) is 42.6 Å². The molecule has 17 heavy (non-hydrogen) atoms. The number of hydrogen-bond donors (Lipinski definition) is 0. The number of benzene rings is 1. The Morgan fingerprint density at radius 2 is 1.65 bits per heavy atom. The van der Waals surface area contributed by atoms with E-state index < -0.39 is 0 Å². The lowest BCUT2D eigenvalue weighted by Crippen LogP contribution is -1.96. The lowest BCUT2D eigenvalue weighted by molar-refractivity contribution is 0.107. The van der Waals surface area contributed by atoms with Crippen molar-refractivity contribution in [2.45, 2.75) is 13.2 Å². The van der Waals surface area contributed by atoms with Gasteiger partial charge in [-0.15, -0.1) is 0 Å². The summed E-state index contributed by atoms with van der Waals surface area (Å²) in [4.78, 5) is 3.98. The summed E-state index contributed by atoms with van der Waals surface area (Å²) in [6, 6.07) is 11.3. The number of halogens is 2. The first-order valence-electron chi connectivity index (χ1n) is 5.18. The van der Waals surface area contributed by atoms with E-state index >= 15 is 0 Å². The fraction of sp³-hybridized carbons (Fsp3) is 0.154. The molecule has 0 fully saturated rings. The Morgan fingerprint density at radius 1 is 0.941 bits per heavy atom. The topological polar surface area (TPSA) is 22.1 Å². The molecule has 0 amide bonds. The van der Waals surface area contributed by atoms with E-state index in [1.165, 1.54) is 0 Å². The molecule has 0 bridgehead atoms. The van der Waals surface area contributed by atoms with Crippen molar-refractivity contribution in [3.63, 3.8) is 0 Å². The molecule has 0 saturated heterocycles. The summed E-state index contributed by atoms with van der Waals surface area (Å²) < 4.78 is 5.56. The molecule has 0 unspecified atom stereocenters. The van der Waals surface area contributed by atoms with Crippen molar-refractivity contribution in [1.29, 1.82) is 0 Å². The van der Waals surface area contributed by atoms with Crippen molar-refractivity contribution >= 4 is 23.2 Å². The first kappa shape index (κ1) is 12.4. The van der Waals surface area contributed by atoms with Crippen LogP contribution in [0, 0.1) is 0 Å². The van der Waals surface area contributed by atoms with Gasteiger partial charge < -0.3 is 4.74 Å². The van der Waals surface area contributed by atoms with Gasteiger partial charge in [-0.1, -0.05) is 47.5 Å². The fourth-order valence-corrected chi connectivity index (χ4v) is 1.78. The van der Waals surface area contributed by atoms with Crippen molar-refractivity contribution in [2.75, 3.05) is 0 Å². The van der Waals surface area contributed by atoms with Gasteiger partial charge in [0.1, 0.15) is 5.15 Å². The van der Waals surface area contributed by atoms with Crippen LogP contribution in [0.25, 0.3) is 0 Å². The van der Waals surface area contributed by atoms with E-state index in [1.807, 2.05) is 36.4 Å². The minimum Gasteiger partial charge on any atom is -0.372 e. The molecule has 0 aliphatic heterocycles. The summed E-state index contributed by atoms with van der Waals surface area (Å²) >= 11 is 11.9. The fourth-order valence-electron chi connectivity index (χ4n) is 1.41. The zero-order valence-electron chi connectivity index (χ0n) is 9.07. The van der Waals surface area contributed by atoms with Gasteiger partial charge in [-0.3, -0.25) is 0 Å². The molecule has 1 aromatic heterocycles. The summed E-state index contributed by atoms with van der Waals surface area (Å²) in [6.07, 6.45) is 1.65. The second-order valence-electron chi connectivity index (χ2n) is 3.54. The normalized spacial score (nSPS) is 10.5. The van der Waals surface area contributed by atoms with Gasteiger partial charge in [-0.25, -0.2) is 4.98 Å². The Balaban J connectivity index is 1.93. The molecule has 0 saturated carbocycles. The molecule has 0 aliphatic carbocycles. The number of aromatic nitrogens is 1. The predicted molar refractivity (Wildman–Crippen MR) is 69.2 cm³/mol. The molecular formula is C13H11Cl2NO. The molecular weight excluding hydrogens is 257 g/mol. The van der Waals surface area contributed by atoms with Gasteiger partial charge in [-0.2, -0.15) is 0 Å². The van der Waals surface area contributed by atoms with Gasteiger partial charge in [0, 0.05) is 16.8 Å². The summed E-state index contributed by atoms with van der Waals surface area (Å²) in [5.74, 6) is 0. The lowest BCUT2D eigenvalue weighted by Gasteiger charge is -2.06. The molecule has 1 heterocycles. The standard InChI is InChI=1S/C13H11Cl2NO/c14-12-6-2-1-4-10(12)8-17-9-11-5-3-7-16-13(11)15/h1-7H,8-9H2. The second kappa shape index (κ2) is 6.01. The van der Waals surface area contributed by atoms with E-state index in [-0.39, 0.29) is 0 Å². The van der Waals surface area contributed by atoms with Gasteiger partial charge in [0.05, 0.1) is 13.2 Å². The van der Waals surface area contributed by atoms with Gasteiger partial charge in [0.15, 0.2) is 0 Å². The van der Waals surface area contributed by atoms with Crippen LogP contribution in [0.3, 0.4) is 0 Å². The minimum atomic E-state index is 0.428. The van der Waals surface area contributed by atoms with Crippen molar-refractivity contribution in [2.24, 2.45) is 0 Å². The average Bonchev–Trinajstić information content (AvgIpc) is 2.34. The predicted octanol–water partition coefficient (Wildman–Crippen LogP) is 4.11. The molecule has 88 valence electrons. The Labute approximate surface area is 110 Å². The van der Waals surface area contributed by atoms with E-state index in [1.54, 1.807) is 6.20 Å². The Morgan fingerprint density at radius 3 is 2.41 bits per heavy atom. The summed E-state index contributed by atoms with van der Waals surface area (Å²) in [5.41, 5.74) is 1.84. The maximum absolute atomic E-state index is 6.02. The number of ether oxygens (including phenoxy) is 1. The first-order valence-corrected chi connectivity index (χ1v) is 5.93. The first-order chi connectivity index (χ1) is 8.27. The summed E-state index contributed by atoms with van der Waals surface area (Å²) in [7, 11) is 0. The van der Waals surface area contributed by atoms with Gasteiger partial charge in [-0.05, 0) is 17.7 Å². The third kappa shape index (κ3) is 3.43. The van der Waals surface area contributed by atoms with E-state index in [4.69, 9.17) is 27.9 Å². The highest BCUT2D eigenvalue weighted by atomic mass is 35.5. The highest BCUT2D eigenvalue weighted by Gasteiger charge is 2.02. The highest BCUT2D eigenvalue weighted by Crippen LogP contribution is 2.18. The molecule has 2 aromatic rings. The monoisotopic (exact) mass is 267 g/mol. The third-order valence-corrected chi connectivity index (χ3v) is 3.02. The Hall–Kier alpha value is -1.09. The van der Waals surface area contributed by atoms with Crippen LogP contribution >= 0.6 is 23.2 Å². The molecule has 2 nitrogen and oxygen atoms in total. The van der Waals surface area contributed by atoms with Crippen LogP contribution in [0.4, 0.5) is 0 Å². The maximum atomic E-state index is 6.02. The number of hydrogen-bond acceptors (Lipinski definition) is 2. The molecule has 0 radical (unpaired) electrons. The summed E-state index contributed by atoms with van der Waals surface area (Å²) in [6.45, 7) is 0.892. The van der Waals surface area contributed by atoms with E-state index in [9.17, 15) is 0 Å². The van der Waals surface area contributed by atoms with Crippen LogP contribution in [0.5, 0.6) is 0 Å². The van der Waals surface area contributed by atoms with E-state index in [2.05, 4.69) is 4.98 Å². The van der Waals surface area contributed by atoms with Crippen LogP contribution in [-0.4, -0.2) is 4.98 Å². The number of pyridine rings is 1. The smallest absolute Gasteiger partial charge is 0.134 e. The largest absolute Gasteiger partial charge is 0.372 e. The van der Waals surface area contributed by atoms with Crippen molar-refractivity contribution < 1.29 is 4.74 Å². The zero-order valence-corrected chi connectivity index (χ0v) is 10.6. The van der Waals surface area contributed by atoms with Crippen LogP contribution in [0.1, 0.15) is 11.1 Å². The Kier molecular flexibility index (Phi) is 4.37. The quantitative estimate of drug-likeness (QED) is 0.778. The van der Waals surface area contributed by atoms with Gasteiger partial charge in [0.2, 0.25) is 0 Å². The molecule has 0 atom stereocenters. The van der Waals surface area contributed by atoms with Crippen molar-refractivity contribution in [1.82, 2.24) is 4.98 Å². The number of rotatable bonds is 4. The summed E-state index contributed by atoms with van der Waals surface area (Å²) in [5, 5.41) is 1.19. The highest BCUT2D eigenvalue weighted by molar-refractivity contribution is 6.31. The van der Waals surface area contributed by atoms with E-state index in [0.717, 1.165) is 11.1 Å². The minimum absolute atomic E-state index is 0.428. The van der Waals surface area contributed by atoms with Crippen molar-refractivity contribution in [3.05, 3.63) is 63.9 Å². The van der Waals surface area contributed by atoms with Crippen molar-refractivity contribution in [3.8, 4) is 0 Å². The molecule has 0 spiro atoms. The molecule has 1 aromatic carbocycles. The molecule has 0 N–H and O–H groups in total. The van der Waals surface area contributed by atoms with E-state index in [0.29, 0.717) is 23.4 Å². The number of nitrogens with zero attached hydrogens (tertiary/aromatic N) is 1. The van der Waals surface area contributed by atoms with Crippen LogP contribution in [-0.2, 0) is 18.0 Å². The van der Waals surface area contributed by atoms with Crippen LogP contribution in [0.2, 0.25) is 10.2 Å². The third-order valence-electron chi connectivity index (χ3n) is 2.31. The molecule has 2 rings (SSSR count). The van der Waals surface area contributed by atoms with Crippen LogP contribution < -0.4 is 0 Å². The second-order valence-corrected chi connectivity index (χ2v) is 4.30. The van der Waals surface area contributed by atoms with Gasteiger partial charge >= 0.3 is 0 Å². The maximum Gasteiger partial charge on any atom is 0.134 e.